The fraction of sp³-hybridized carbons (Fsp3) is 0.600. The van der Waals surface area contributed by atoms with Gasteiger partial charge in [-0.05, 0) is 51.2 Å². The third kappa shape index (κ3) is 5.19. The highest BCUT2D eigenvalue weighted by atomic mass is 35.5. The first-order valence-corrected chi connectivity index (χ1v) is 7.07. The van der Waals surface area contributed by atoms with Crippen LogP contribution in [-0.4, -0.2) is 50.8 Å². The van der Waals surface area contributed by atoms with Crippen molar-refractivity contribution in [1.82, 2.24) is 10.2 Å². The second-order valence-corrected chi connectivity index (χ2v) is 4.83. The summed E-state index contributed by atoms with van der Waals surface area (Å²) in [7, 11) is 2.03. The van der Waals surface area contributed by atoms with Gasteiger partial charge in [0, 0.05) is 19.1 Å². The Morgan fingerprint density at radius 3 is 2.40 bits per heavy atom. The number of benzene rings is 1. The van der Waals surface area contributed by atoms with Gasteiger partial charge in [0.05, 0.1) is 6.61 Å². The zero-order valence-corrected chi connectivity index (χ0v) is 13.1. The van der Waals surface area contributed by atoms with Gasteiger partial charge in [-0.2, -0.15) is 0 Å². The Hall–Kier alpha value is -0.970. The molecule has 0 spiro atoms. The predicted molar refractivity (Wildman–Crippen MR) is 84.3 cm³/mol. The highest BCUT2D eigenvalue weighted by Crippen LogP contribution is 2.17. The minimum atomic E-state index is 0. The second kappa shape index (κ2) is 9.06. The van der Waals surface area contributed by atoms with Crippen LogP contribution < -0.4 is 14.8 Å². The number of nitrogens with one attached hydrogen (secondary N) is 1. The van der Waals surface area contributed by atoms with Crippen molar-refractivity contribution in [1.29, 1.82) is 0 Å². The molecular weight excluding hydrogens is 276 g/mol. The van der Waals surface area contributed by atoms with Gasteiger partial charge in [0.25, 0.3) is 0 Å². The molecule has 0 aromatic heterocycles. The van der Waals surface area contributed by atoms with Crippen molar-refractivity contribution < 1.29 is 9.47 Å². The van der Waals surface area contributed by atoms with Crippen molar-refractivity contribution in [3.8, 4) is 11.5 Å². The molecule has 0 amide bonds. The monoisotopic (exact) mass is 300 g/mol. The Balaban J connectivity index is 0.00000200. The molecule has 0 radical (unpaired) electrons. The highest BCUT2D eigenvalue weighted by molar-refractivity contribution is 5.85. The van der Waals surface area contributed by atoms with Gasteiger partial charge in [0.2, 0.25) is 0 Å². The molecule has 1 heterocycles. The molecule has 0 bridgehead atoms. The van der Waals surface area contributed by atoms with Crippen LogP contribution in [0.5, 0.6) is 11.5 Å². The lowest BCUT2D eigenvalue weighted by molar-refractivity contribution is 0.234. The van der Waals surface area contributed by atoms with Crippen LogP contribution in [0.3, 0.4) is 0 Å². The van der Waals surface area contributed by atoms with Gasteiger partial charge < -0.3 is 14.8 Å². The molecule has 1 fully saturated rings. The molecule has 114 valence electrons. The lowest BCUT2D eigenvalue weighted by Gasteiger charge is -2.16. The average molecular weight is 301 g/mol. The Kier molecular flexibility index (Phi) is 7.73. The zero-order chi connectivity index (χ0) is 13.5. The molecule has 4 nitrogen and oxygen atoms in total. The Bertz CT molecular complexity index is 373. The predicted octanol–water partition coefficient (Wildman–Crippen LogP) is 2.18. The first-order chi connectivity index (χ1) is 9.31. The number of nitrogens with zero attached hydrogens (tertiary/aromatic N) is 1. The van der Waals surface area contributed by atoms with Crippen molar-refractivity contribution in [3.63, 3.8) is 0 Å². The van der Waals surface area contributed by atoms with Crippen LogP contribution in [0.15, 0.2) is 24.3 Å². The standard InChI is InChI=1S/C15H24N2O2.ClH/c1-3-18-14-4-6-15(7-5-14)19-11-10-17-9-8-13(12-17)16-2;/h4-7,13,16H,3,8-12H2,1-2H3;1H. The summed E-state index contributed by atoms with van der Waals surface area (Å²) < 4.78 is 11.2. The van der Waals surface area contributed by atoms with Crippen LogP contribution >= 0.6 is 12.4 Å². The fourth-order valence-electron chi connectivity index (χ4n) is 2.36. The molecule has 1 aliphatic heterocycles. The van der Waals surface area contributed by atoms with Crippen molar-refractivity contribution >= 4 is 12.4 Å². The summed E-state index contributed by atoms with van der Waals surface area (Å²) in [6.07, 6.45) is 1.24. The van der Waals surface area contributed by atoms with Gasteiger partial charge in [0.1, 0.15) is 18.1 Å². The summed E-state index contributed by atoms with van der Waals surface area (Å²) in [6, 6.07) is 8.47. The van der Waals surface area contributed by atoms with E-state index in [1.54, 1.807) is 0 Å². The number of likely N-dealkylation sites (tertiary alicyclic amines) is 1. The maximum absolute atomic E-state index is 5.75. The van der Waals surface area contributed by atoms with Gasteiger partial charge in [-0.25, -0.2) is 0 Å². The van der Waals surface area contributed by atoms with E-state index in [1.165, 1.54) is 6.42 Å². The van der Waals surface area contributed by atoms with Crippen LogP contribution in [0.2, 0.25) is 0 Å². The molecule has 1 saturated heterocycles. The number of halogens is 1. The fourth-order valence-corrected chi connectivity index (χ4v) is 2.36. The molecule has 1 N–H and O–H groups in total. The van der Waals surface area contributed by atoms with Crippen molar-refractivity contribution in [2.45, 2.75) is 19.4 Å². The van der Waals surface area contributed by atoms with Gasteiger partial charge in [-0.1, -0.05) is 0 Å². The number of rotatable bonds is 7. The van der Waals surface area contributed by atoms with E-state index < -0.39 is 0 Å². The van der Waals surface area contributed by atoms with E-state index in [0.717, 1.165) is 37.7 Å². The van der Waals surface area contributed by atoms with Crippen LogP contribution in [0.4, 0.5) is 0 Å². The topological polar surface area (TPSA) is 33.7 Å². The summed E-state index contributed by atoms with van der Waals surface area (Å²) in [4.78, 5) is 2.44. The Labute approximate surface area is 127 Å². The van der Waals surface area contributed by atoms with Gasteiger partial charge in [0.15, 0.2) is 0 Å². The molecule has 0 aliphatic carbocycles. The van der Waals surface area contributed by atoms with Crippen molar-refractivity contribution in [2.24, 2.45) is 0 Å². The Morgan fingerprint density at radius 1 is 1.20 bits per heavy atom. The number of hydrogen-bond acceptors (Lipinski definition) is 4. The van der Waals surface area contributed by atoms with E-state index in [1.807, 2.05) is 38.2 Å². The smallest absolute Gasteiger partial charge is 0.119 e. The van der Waals surface area contributed by atoms with E-state index in [9.17, 15) is 0 Å². The van der Waals surface area contributed by atoms with Gasteiger partial charge in [-0.15, -0.1) is 12.4 Å². The maximum atomic E-state index is 5.75. The second-order valence-electron chi connectivity index (χ2n) is 4.83. The summed E-state index contributed by atoms with van der Waals surface area (Å²) in [6.45, 7) is 6.71. The molecule has 5 heteroatoms. The van der Waals surface area contributed by atoms with E-state index in [2.05, 4.69) is 10.2 Å². The summed E-state index contributed by atoms with van der Waals surface area (Å²) in [5, 5.41) is 3.32. The lowest BCUT2D eigenvalue weighted by atomic mass is 10.3. The van der Waals surface area contributed by atoms with Crippen molar-refractivity contribution in [3.05, 3.63) is 24.3 Å². The first kappa shape index (κ1) is 17.1. The quantitative estimate of drug-likeness (QED) is 0.837. The van der Waals surface area contributed by atoms with Crippen LogP contribution in [-0.2, 0) is 0 Å². The molecule has 0 saturated carbocycles. The third-order valence-corrected chi connectivity index (χ3v) is 3.49. The van der Waals surface area contributed by atoms with Gasteiger partial charge in [-0.3, -0.25) is 4.90 Å². The SMILES string of the molecule is CCOc1ccc(OCCN2CCC(NC)C2)cc1.Cl. The van der Waals surface area contributed by atoms with Crippen molar-refractivity contribution in [2.75, 3.05) is 39.9 Å². The first-order valence-electron chi connectivity index (χ1n) is 7.07. The molecule has 1 aliphatic rings. The zero-order valence-electron chi connectivity index (χ0n) is 12.3. The van der Waals surface area contributed by atoms with E-state index in [0.29, 0.717) is 12.6 Å². The number of hydrogen-bond donors (Lipinski definition) is 1. The molecule has 20 heavy (non-hydrogen) atoms. The van der Waals surface area contributed by atoms with E-state index in [4.69, 9.17) is 9.47 Å². The molecule has 1 unspecified atom stereocenters. The van der Waals surface area contributed by atoms with Crippen LogP contribution in [0, 0.1) is 0 Å². The molecular formula is C15H25ClN2O2. The summed E-state index contributed by atoms with van der Waals surface area (Å²) >= 11 is 0. The Morgan fingerprint density at radius 2 is 1.85 bits per heavy atom. The van der Waals surface area contributed by atoms with E-state index in [-0.39, 0.29) is 12.4 Å². The normalized spacial score (nSPS) is 18.6. The maximum Gasteiger partial charge on any atom is 0.119 e. The van der Waals surface area contributed by atoms with Crippen LogP contribution in [0.25, 0.3) is 0 Å². The average Bonchev–Trinajstić information content (AvgIpc) is 2.89. The molecule has 1 aromatic rings. The van der Waals surface area contributed by atoms with Gasteiger partial charge >= 0.3 is 0 Å². The third-order valence-electron chi connectivity index (χ3n) is 3.49. The largest absolute Gasteiger partial charge is 0.494 e. The minimum absolute atomic E-state index is 0. The van der Waals surface area contributed by atoms with Crippen LogP contribution in [0.1, 0.15) is 13.3 Å². The minimum Gasteiger partial charge on any atom is -0.494 e. The number of likely N-dealkylation sites (N-methyl/N-ethyl adjacent to an activating group) is 1. The molecule has 2 rings (SSSR count). The molecule has 1 atom stereocenters. The van der Waals surface area contributed by atoms with E-state index >= 15 is 0 Å². The molecule has 1 aromatic carbocycles. The lowest BCUT2D eigenvalue weighted by Crippen LogP contribution is -2.31. The highest BCUT2D eigenvalue weighted by Gasteiger charge is 2.20. The summed E-state index contributed by atoms with van der Waals surface area (Å²) in [5.74, 6) is 1.80. The summed E-state index contributed by atoms with van der Waals surface area (Å²) in [5.41, 5.74) is 0. The number of ether oxygens (including phenoxy) is 2.